The molecule has 2 saturated carbocycles. The van der Waals surface area contributed by atoms with Crippen LogP contribution in [0.25, 0.3) is 11.0 Å². The fraction of sp³-hybridized carbons (Fsp3) is 0.556. The molecule has 3 unspecified atom stereocenters. The molecule has 0 bridgehead atoms. The molecule has 2 aliphatic carbocycles. The van der Waals surface area contributed by atoms with Gasteiger partial charge in [-0.15, -0.1) is 0 Å². The molecule has 1 aromatic heterocycles. The Hall–Kier alpha value is -1.53. The van der Waals surface area contributed by atoms with Crippen LogP contribution in [0, 0.1) is 11.8 Å². The van der Waals surface area contributed by atoms with Gasteiger partial charge in [0.2, 0.25) is 10.0 Å². The van der Waals surface area contributed by atoms with E-state index in [1.54, 1.807) is 10.5 Å². The summed E-state index contributed by atoms with van der Waals surface area (Å²) in [7, 11) is -3.12. The third-order valence-electron chi connectivity index (χ3n) is 6.21. The van der Waals surface area contributed by atoms with Crippen LogP contribution >= 0.6 is 0 Å². The molecular weight excluding hydrogens is 322 g/mol. The molecule has 3 aliphatic rings. The molecule has 126 valence electrons. The van der Waals surface area contributed by atoms with E-state index in [4.69, 9.17) is 0 Å². The van der Waals surface area contributed by atoms with Crippen LogP contribution in [-0.4, -0.2) is 41.0 Å². The Morgan fingerprint density at radius 3 is 2.67 bits per heavy atom. The van der Waals surface area contributed by atoms with Crippen LogP contribution in [0.15, 0.2) is 30.5 Å². The van der Waals surface area contributed by atoms with Crippen molar-refractivity contribution >= 4 is 21.1 Å². The average molecular weight is 343 g/mol. The summed E-state index contributed by atoms with van der Waals surface area (Å²) in [5.41, 5.74) is 2.67. The highest BCUT2D eigenvalue weighted by Crippen LogP contribution is 2.51. The van der Waals surface area contributed by atoms with E-state index in [1.807, 2.05) is 24.3 Å². The molecule has 0 radical (unpaired) electrons. The lowest BCUT2D eigenvalue weighted by Crippen LogP contribution is -2.56. The molecule has 0 amide bonds. The normalized spacial score (nSPS) is 30.8. The van der Waals surface area contributed by atoms with Gasteiger partial charge in [0.15, 0.2) is 0 Å². The predicted molar refractivity (Wildman–Crippen MR) is 92.0 cm³/mol. The molecule has 3 atom stereocenters. The number of hydrogen-bond donors (Lipinski definition) is 0. The zero-order valence-electron chi connectivity index (χ0n) is 13.5. The van der Waals surface area contributed by atoms with Gasteiger partial charge in [-0.1, -0.05) is 25.0 Å². The summed E-state index contributed by atoms with van der Waals surface area (Å²) < 4.78 is 27.3. The van der Waals surface area contributed by atoms with Gasteiger partial charge in [0.1, 0.15) is 0 Å². The first kappa shape index (κ1) is 14.8. The zero-order valence-corrected chi connectivity index (χ0v) is 14.3. The number of nitrogens with zero attached hydrogens (tertiary/aromatic N) is 3. The quantitative estimate of drug-likeness (QED) is 0.859. The highest BCUT2D eigenvalue weighted by molar-refractivity contribution is 7.89. The van der Waals surface area contributed by atoms with Gasteiger partial charge in [0, 0.05) is 25.2 Å². The number of sulfonamides is 1. The molecule has 2 aromatic rings. The first-order valence-corrected chi connectivity index (χ1v) is 10.3. The van der Waals surface area contributed by atoms with E-state index in [1.165, 1.54) is 12.8 Å². The molecule has 3 fully saturated rings. The molecule has 1 saturated heterocycles. The zero-order chi connectivity index (χ0) is 16.3. The Morgan fingerprint density at radius 2 is 1.88 bits per heavy atom. The minimum Gasteiger partial charge on any atom is -0.253 e. The molecule has 24 heavy (non-hydrogen) atoms. The molecule has 1 aliphatic heterocycles. The van der Waals surface area contributed by atoms with Gasteiger partial charge in [-0.3, -0.25) is 4.98 Å². The lowest BCUT2D eigenvalue weighted by Gasteiger charge is -2.46. The van der Waals surface area contributed by atoms with E-state index in [0.717, 1.165) is 29.6 Å². The van der Waals surface area contributed by atoms with Gasteiger partial charge in [-0.2, -0.15) is 0 Å². The monoisotopic (exact) mass is 343 g/mol. The van der Waals surface area contributed by atoms with Gasteiger partial charge in [0.05, 0.1) is 22.0 Å². The maximum absolute atomic E-state index is 12.8. The summed E-state index contributed by atoms with van der Waals surface area (Å²) in [5, 5.41) is -0.117. The summed E-state index contributed by atoms with van der Waals surface area (Å²) >= 11 is 0. The number of para-hydroxylation sites is 2. The molecule has 1 aromatic carbocycles. The summed E-state index contributed by atoms with van der Waals surface area (Å²) in [4.78, 5) is 9.11. The Bertz CT molecular complexity index is 892. The van der Waals surface area contributed by atoms with Crippen molar-refractivity contribution in [2.75, 3.05) is 13.1 Å². The third-order valence-corrected chi connectivity index (χ3v) is 8.53. The smallest absolute Gasteiger partial charge is 0.217 e. The molecule has 5 nitrogen and oxygen atoms in total. The first-order valence-electron chi connectivity index (χ1n) is 8.83. The molecule has 0 N–H and O–H groups in total. The van der Waals surface area contributed by atoms with Crippen molar-refractivity contribution in [1.29, 1.82) is 0 Å². The Balaban J connectivity index is 1.31. The SMILES string of the molecule is O=S(=O)(C1CC2CCCC21)N1CC(c2cnc3ccccc3n2)C1. The van der Waals surface area contributed by atoms with Crippen LogP contribution in [0.3, 0.4) is 0 Å². The van der Waals surface area contributed by atoms with E-state index in [-0.39, 0.29) is 11.2 Å². The first-order chi connectivity index (χ1) is 11.6. The summed E-state index contributed by atoms with van der Waals surface area (Å²) in [5.74, 6) is 1.28. The van der Waals surface area contributed by atoms with Crippen molar-refractivity contribution in [2.45, 2.75) is 36.9 Å². The van der Waals surface area contributed by atoms with Crippen LogP contribution < -0.4 is 0 Å². The topological polar surface area (TPSA) is 63.2 Å². The van der Waals surface area contributed by atoms with Crippen LogP contribution in [0.2, 0.25) is 0 Å². The van der Waals surface area contributed by atoms with Gasteiger partial charge < -0.3 is 0 Å². The lowest BCUT2D eigenvalue weighted by atomic mass is 9.76. The fourth-order valence-corrected chi connectivity index (χ4v) is 7.11. The van der Waals surface area contributed by atoms with Crippen LogP contribution in [0.5, 0.6) is 0 Å². The second-order valence-electron chi connectivity index (χ2n) is 7.47. The van der Waals surface area contributed by atoms with Crippen LogP contribution in [0.4, 0.5) is 0 Å². The van der Waals surface area contributed by atoms with Crippen molar-refractivity contribution in [3.8, 4) is 0 Å². The number of aromatic nitrogens is 2. The van der Waals surface area contributed by atoms with E-state index in [9.17, 15) is 8.42 Å². The standard InChI is InChI=1S/C18H21N3O2S/c22-24(23,18-8-12-4-3-5-14(12)18)21-10-13(11-21)17-9-19-15-6-1-2-7-16(15)20-17/h1-2,6-7,9,12-14,18H,3-5,8,10-11H2. The molecule has 0 spiro atoms. The minimum absolute atomic E-state index is 0.117. The van der Waals surface area contributed by atoms with E-state index in [2.05, 4.69) is 9.97 Å². The highest BCUT2D eigenvalue weighted by atomic mass is 32.2. The van der Waals surface area contributed by atoms with Crippen molar-refractivity contribution in [3.63, 3.8) is 0 Å². The average Bonchev–Trinajstić information content (AvgIpc) is 2.85. The summed E-state index contributed by atoms with van der Waals surface area (Å²) in [6.07, 6.45) is 6.21. The number of fused-ring (bicyclic) bond motifs is 2. The number of rotatable bonds is 3. The minimum atomic E-state index is -3.12. The summed E-state index contributed by atoms with van der Waals surface area (Å²) in [6, 6.07) is 7.79. The van der Waals surface area contributed by atoms with Gasteiger partial charge in [0.25, 0.3) is 0 Å². The predicted octanol–water partition coefficient (Wildman–Crippen LogP) is 2.55. The fourth-order valence-electron chi connectivity index (χ4n) is 4.66. The van der Waals surface area contributed by atoms with Crippen molar-refractivity contribution < 1.29 is 8.42 Å². The molecule has 6 heteroatoms. The maximum Gasteiger partial charge on any atom is 0.217 e. The highest BCUT2D eigenvalue weighted by Gasteiger charge is 2.53. The maximum atomic E-state index is 12.8. The van der Waals surface area contributed by atoms with Gasteiger partial charge >= 0.3 is 0 Å². The van der Waals surface area contributed by atoms with Gasteiger partial charge in [-0.05, 0) is 36.8 Å². The second kappa shape index (κ2) is 5.23. The second-order valence-corrected chi connectivity index (χ2v) is 9.62. The van der Waals surface area contributed by atoms with E-state index in [0.29, 0.717) is 24.9 Å². The van der Waals surface area contributed by atoms with Gasteiger partial charge in [-0.25, -0.2) is 17.7 Å². The Morgan fingerprint density at radius 1 is 1.08 bits per heavy atom. The molecule has 5 rings (SSSR count). The summed E-state index contributed by atoms with van der Waals surface area (Å²) in [6.45, 7) is 1.12. The number of benzene rings is 1. The lowest BCUT2D eigenvalue weighted by molar-refractivity contribution is 0.195. The third kappa shape index (κ3) is 2.12. The van der Waals surface area contributed by atoms with E-state index >= 15 is 0 Å². The van der Waals surface area contributed by atoms with Crippen molar-refractivity contribution in [3.05, 3.63) is 36.2 Å². The molecule has 2 heterocycles. The Labute approximate surface area is 142 Å². The van der Waals surface area contributed by atoms with Crippen LogP contribution in [-0.2, 0) is 10.0 Å². The van der Waals surface area contributed by atoms with E-state index < -0.39 is 10.0 Å². The molecular formula is C18H21N3O2S. The van der Waals surface area contributed by atoms with Crippen molar-refractivity contribution in [1.82, 2.24) is 14.3 Å². The van der Waals surface area contributed by atoms with Crippen LogP contribution in [0.1, 0.15) is 37.3 Å². The number of hydrogen-bond acceptors (Lipinski definition) is 4. The Kier molecular flexibility index (Phi) is 3.22. The largest absolute Gasteiger partial charge is 0.253 e. The van der Waals surface area contributed by atoms with Crippen molar-refractivity contribution in [2.24, 2.45) is 11.8 Å².